The summed E-state index contributed by atoms with van der Waals surface area (Å²) in [5, 5.41) is 2.46. The maximum atomic E-state index is 10.8. The van der Waals surface area contributed by atoms with Gasteiger partial charge < -0.3 is 14.8 Å². The van der Waals surface area contributed by atoms with Gasteiger partial charge in [0.2, 0.25) is 0 Å². The second-order valence-electron chi connectivity index (χ2n) is 1.79. The van der Waals surface area contributed by atoms with Crippen molar-refractivity contribution in [3.63, 3.8) is 0 Å². The van der Waals surface area contributed by atoms with Gasteiger partial charge in [0, 0.05) is 21.3 Å². The minimum Gasteiger partial charge on any atom is -0.381 e. The molecule has 4 heteroatoms. The summed E-state index contributed by atoms with van der Waals surface area (Å²) in [4.78, 5) is 10.8. The molecule has 0 bridgehead atoms. The van der Waals surface area contributed by atoms with Gasteiger partial charge in [-0.05, 0) is 0 Å². The monoisotopic (exact) mass is 147 g/mol. The lowest BCUT2D eigenvalue weighted by atomic mass is 10.3. The van der Waals surface area contributed by atoms with Gasteiger partial charge in [-0.25, -0.2) is 0 Å². The van der Waals surface area contributed by atoms with Crippen LogP contribution in [0.3, 0.4) is 0 Å². The van der Waals surface area contributed by atoms with Gasteiger partial charge in [0.05, 0.1) is 6.61 Å². The van der Waals surface area contributed by atoms with Gasteiger partial charge in [-0.1, -0.05) is 0 Å². The molecule has 4 nitrogen and oxygen atoms in total. The van der Waals surface area contributed by atoms with E-state index in [4.69, 9.17) is 9.47 Å². The highest BCUT2D eigenvalue weighted by Gasteiger charge is 2.14. The van der Waals surface area contributed by atoms with Gasteiger partial charge in [-0.2, -0.15) is 0 Å². The van der Waals surface area contributed by atoms with Gasteiger partial charge in [0.25, 0.3) is 5.91 Å². The van der Waals surface area contributed by atoms with Crippen molar-refractivity contribution in [2.24, 2.45) is 0 Å². The van der Waals surface area contributed by atoms with Crippen LogP contribution >= 0.6 is 0 Å². The largest absolute Gasteiger partial charge is 0.381 e. The molecule has 0 aliphatic rings. The molecule has 0 saturated carbocycles. The summed E-state index contributed by atoms with van der Waals surface area (Å²) in [5.41, 5.74) is 0. The van der Waals surface area contributed by atoms with E-state index in [1.807, 2.05) is 0 Å². The maximum absolute atomic E-state index is 10.8. The van der Waals surface area contributed by atoms with E-state index < -0.39 is 6.10 Å². The molecule has 1 atom stereocenters. The van der Waals surface area contributed by atoms with Gasteiger partial charge in [-0.3, -0.25) is 4.79 Å². The third kappa shape index (κ3) is 2.80. The number of hydrogen-bond acceptors (Lipinski definition) is 3. The summed E-state index contributed by atoms with van der Waals surface area (Å²) in [5.74, 6) is -0.163. The lowest BCUT2D eigenvalue weighted by Crippen LogP contribution is -2.36. The van der Waals surface area contributed by atoms with E-state index in [0.29, 0.717) is 0 Å². The molecule has 0 aliphatic carbocycles. The second kappa shape index (κ2) is 5.20. The molecule has 0 aromatic rings. The van der Waals surface area contributed by atoms with Crippen molar-refractivity contribution in [3.05, 3.63) is 0 Å². The fraction of sp³-hybridized carbons (Fsp3) is 0.833. The second-order valence-corrected chi connectivity index (χ2v) is 1.79. The molecule has 0 aromatic heterocycles. The summed E-state index contributed by atoms with van der Waals surface area (Å²) < 4.78 is 9.54. The lowest BCUT2D eigenvalue weighted by Gasteiger charge is -2.11. The van der Waals surface area contributed by atoms with Crippen LogP contribution in [-0.4, -0.2) is 39.9 Å². The van der Waals surface area contributed by atoms with E-state index in [-0.39, 0.29) is 12.5 Å². The van der Waals surface area contributed by atoms with E-state index in [2.05, 4.69) is 5.32 Å². The highest BCUT2D eigenvalue weighted by Crippen LogP contribution is 1.89. The Hall–Kier alpha value is -0.610. The van der Waals surface area contributed by atoms with Crippen LogP contribution in [0.1, 0.15) is 0 Å². The summed E-state index contributed by atoms with van der Waals surface area (Å²) >= 11 is 0. The summed E-state index contributed by atoms with van der Waals surface area (Å²) in [6.45, 7) is 0.288. The molecule has 60 valence electrons. The van der Waals surface area contributed by atoms with Gasteiger partial charge in [-0.15, -0.1) is 0 Å². The lowest BCUT2D eigenvalue weighted by molar-refractivity contribution is -0.133. The van der Waals surface area contributed by atoms with Crippen LogP contribution < -0.4 is 5.32 Å². The zero-order valence-electron chi connectivity index (χ0n) is 6.51. The molecule has 0 rings (SSSR count). The molecule has 0 heterocycles. The van der Waals surface area contributed by atoms with Crippen LogP contribution in [0.2, 0.25) is 0 Å². The first kappa shape index (κ1) is 9.39. The Bertz CT molecular complexity index is 105. The smallest absolute Gasteiger partial charge is 0.251 e. The molecular weight excluding hydrogens is 134 g/mol. The minimum atomic E-state index is -0.491. The minimum absolute atomic E-state index is 0.163. The predicted molar refractivity (Wildman–Crippen MR) is 36.7 cm³/mol. The van der Waals surface area contributed by atoms with Crippen molar-refractivity contribution in [2.75, 3.05) is 27.9 Å². The number of carbonyl (C=O) groups is 1. The molecule has 0 aliphatic heterocycles. The van der Waals surface area contributed by atoms with Crippen LogP contribution in [0.5, 0.6) is 0 Å². The third-order valence-corrected chi connectivity index (χ3v) is 1.14. The van der Waals surface area contributed by atoms with Crippen LogP contribution in [-0.2, 0) is 14.3 Å². The third-order valence-electron chi connectivity index (χ3n) is 1.14. The fourth-order valence-corrected chi connectivity index (χ4v) is 0.563. The number of amides is 1. The molecule has 0 saturated heterocycles. The van der Waals surface area contributed by atoms with E-state index in [1.165, 1.54) is 14.2 Å². The number of rotatable bonds is 4. The Morgan fingerprint density at radius 1 is 1.60 bits per heavy atom. The molecule has 0 fully saturated rings. The average molecular weight is 147 g/mol. The Morgan fingerprint density at radius 3 is 2.50 bits per heavy atom. The predicted octanol–water partition coefficient (Wildman–Crippen LogP) is -0.606. The summed E-state index contributed by atoms with van der Waals surface area (Å²) in [6, 6.07) is 0. The first-order chi connectivity index (χ1) is 4.76. The Labute approximate surface area is 60.5 Å². The van der Waals surface area contributed by atoms with Crippen molar-refractivity contribution < 1.29 is 14.3 Å². The van der Waals surface area contributed by atoms with Crippen LogP contribution in [0.25, 0.3) is 0 Å². The highest BCUT2D eigenvalue weighted by molar-refractivity contribution is 5.80. The molecule has 1 amide bonds. The zero-order valence-corrected chi connectivity index (χ0v) is 6.51. The highest BCUT2D eigenvalue weighted by atomic mass is 16.5. The van der Waals surface area contributed by atoms with Crippen LogP contribution in [0, 0.1) is 0 Å². The summed E-state index contributed by atoms with van der Waals surface area (Å²) in [7, 11) is 4.55. The Balaban J connectivity index is 3.68. The van der Waals surface area contributed by atoms with Crippen molar-refractivity contribution >= 4 is 5.91 Å². The molecule has 0 aromatic carbocycles. The number of hydrogen-bond donors (Lipinski definition) is 1. The molecule has 0 radical (unpaired) electrons. The fourth-order valence-electron chi connectivity index (χ4n) is 0.563. The number of carbonyl (C=O) groups excluding carboxylic acids is 1. The van der Waals surface area contributed by atoms with Gasteiger partial charge >= 0.3 is 0 Å². The van der Waals surface area contributed by atoms with Gasteiger partial charge in [0.1, 0.15) is 0 Å². The Kier molecular flexibility index (Phi) is 4.88. The maximum Gasteiger partial charge on any atom is 0.251 e. The van der Waals surface area contributed by atoms with Crippen molar-refractivity contribution in [3.8, 4) is 0 Å². The molecule has 1 N–H and O–H groups in total. The molecule has 0 unspecified atom stereocenters. The topological polar surface area (TPSA) is 47.6 Å². The normalized spacial score (nSPS) is 12.7. The van der Waals surface area contributed by atoms with E-state index in [0.717, 1.165) is 0 Å². The SMILES string of the molecule is CNC(=O)[C@H](COC)OC. The van der Waals surface area contributed by atoms with E-state index >= 15 is 0 Å². The zero-order chi connectivity index (χ0) is 7.98. The molecule has 0 spiro atoms. The van der Waals surface area contributed by atoms with Crippen LogP contribution in [0.4, 0.5) is 0 Å². The quantitative estimate of drug-likeness (QED) is 0.577. The molecule has 10 heavy (non-hydrogen) atoms. The van der Waals surface area contributed by atoms with Gasteiger partial charge in [0.15, 0.2) is 6.10 Å². The van der Waals surface area contributed by atoms with Crippen molar-refractivity contribution in [1.29, 1.82) is 0 Å². The number of methoxy groups -OCH3 is 2. The van der Waals surface area contributed by atoms with Crippen molar-refractivity contribution in [1.82, 2.24) is 5.32 Å². The average Bonchev–Trinajstić information content (AvgIpc) is 1.99. The number of likely N-dealkylation sites (N-methyl/N-ethyl adjacent to an activating group) is 1. The van der Waals surface area contributed by atoms with Crippen molar-refractivity contribution in [2.45, 2.75) is 6.10 Å². The summed E-state index contributed by atoms with van der Waals surface area (Å²) in [6.07, 6.45) is -0.491. The molecular formula is C6H13NO3. The standard InChI is InChI=1S/C6H13NO3/c1-7-6(8)5(10-3)4-9-2/h5H,4H2,1-3H3,(H,7,8)/t5-/m0/s1. The van der Waals surface area contributed by atoms with Crippen LogP contribution in [0.15, 0.2) is 0 Å². The van der Waals surface area contributed by atoms with E-state index in [9.17, 15) is 4.79 Å². The Morgan fingerprint density at radius 2 is 2.20 bits per heavy atom. The first-order valence-corrected chi connectivity index (χ1v) is 2.99. The number of ether oxygens (including phenoxy) is 2. The number of nitrogens with one attached hydrogen (secondary N) is 1. The first-order valence-electron chi connectivity index (χ1n) is 2.99. The van der Waals surface area contributed by atoms with E-state index in [1.54, 1.807) is 7.05 Å².